The lowest BCUT2D eigenvalue weighted by Crippen LogP contribution is -2.25. The van der Waals surface area contributed by atoms with Gasteiger partial charge in [-0.3, -0.25) is 4.79 Å². The van der Waals surface area contributed by atoms with E-state index >= 15 is 0 Å². The van der Waals surface area contributed by atoms with Gasteiger partial charge >= 0.3 is 23.9 Å². The number of esters is 4. The highest BCUT2D eigenvalue weighted by atomic mass is 16.6. The van der Waals surface area contributed by atoms with Crippen LogP contribution in [0.3, 0.4) is 0 Å². The molecular weight excluding hydrogens is 228 g/mol. The van der Waals surface area contributed by atoms with Gasteiger partial charge in [0.15, 0.2) is 0 Å². The van der Waals surface area contributed by atoms with Gasteiger partial charge in [0, 0.05) is 5.92 Å². The molecular formula is C11H6O6. The van der Waals surface area contributed by atoms with Crippen LogP contribution in [0.5, 0.6) is 0 Å². The summed E-state index contributed by atoms with van der Waals surface area (Å²) in [7, 11) is 0. The van der Waals surface area contributed by atoms with E-state index in [1.165, 1.54) is 6.08 Å². The first-order valence-corrected chi connectivity index (χ1v) is 4.99. The van der Waals surface area contributed by atoms with Gasteiger partial charge in [0.2, 0.25) is 0 Å². The van der Waals surface area contributed by atoms with E-state index in [-0.39, 0.29) is 16.7 Å². The smallest absolute Gasteiger partial charge is 0.346 e. The summed E-state index contributed by atoms with van der Waals surface area (Å²) in [5.41, 5.74) is 0.323. The number of fused-ring (bicyclic) bond motifs is 1. The van der Waals surface area contributed by atoms with Gasteiger partial charge in [-0.25, -0.2) is 14.4 Å². The Hall–Kier alpha value is -2.24. The first-order chi connectivity index (χ1) is 8.00. The van der Waals surface area contributed by atoms with E-state index in [1.807, 2.05) is 0 Å². The summed E-state index contributed by atoms with van der Waals surface area (Å²) in [5.74, 6) is -4.37. The summed E-state index contributed by atoms with van der Waals surface area (Å²) < 4.78 is 8.93. The van der Waals surface area contributed by atoms with Gasteiger partial charge in [0.05, 0.1) is 22.6 Å². The van der Waals surface area contributed by atoms with Crippen LogP contribution >= 0.6 is 0 Å². The van der Waals surface area contributed by atoms with Gasteiger partial charge in [-0.05, 0) is 6.08 Å². The zero-order valence-electron chi connectivity index (χ0n) is 8.68. The third-order valence-corrected chi connectivity index (χ3v) is 3.19. The zero-order valence-corrected chi connectivity index (χ0v) is 8.68. The zero-order chi connectivity index (χ0) is 12.3. The minimum atomic E-state index is -0.806. The fourth-order valence-electron chi connectivity index (χ4n) is 2.39. The topological polar surface area (TPSA) is 86.7 Å². The lowest BCUT2D eigenvalue weighted by molar-refractivity contribution is -0.153. The Labute approximate surface area is 94.9 Å². The van der Waals surface area contributed by atoms with Crippen molar-refractivity contribution >= 4 is 23.9 Å². The second kappa shape index (κ2) is 2.91. The lowest BCUT2D eigenvalue weighted by Gasteiger charge is -2.19. The van der Waals surface area contributed by atoms with Crippen LogP contribution in [0.25, 0.3) is 0 Å². The monoisotopic (exact) mass is 234 g/mol. The largest absolute Gasteiger partial charge is 0.389 e. The molecule has 17 heavy (non-hydrogen) atoms. The molecule has 0 aromatic heterocycles. The minimum absolute atomic E-state index is 0.0559. The molecule has 0 N–H and O–H groups in total. The van der Waals surface area contributed by atoms with Crippen LogP contribution in [0.2, 0.25) is 0 Å². The second-order valence-corrected chi connectivity index (χ2v) is 4.08. The third-order valence-electron chi connectivity index (χ3n) is 3.19. The fourth-order valence-corrected chi connectivity index (χ4v) is 2.39. The molecule has 0 spiro atoms. The quantitative estimate of drug-likeness (QED) is 0.420. The summed E-state index contributed by atoms with van der Waals surface area (Å²) >= 11 is 0. The van der Waals surface area contributed by atoms with Crippen LogP contribution in [0.15, 0.2) is 22.8 Å². The van der Waals surface area contributed by atoms with Crippen molar-refractivity contribution in [3.63, 3.8) is 0 Å². The molecule has 0 bridgehead atoms. The second-order valence-electron chi connectivity index (χ2n) is 4.08. The maximum absolute atomic E-state index is 11.5. The Morgan fingerprint density at radius 1 is 1.00 bits per heavy atom. The van der Waals surface area contributed by atoms with E-state index < -0.39 is 35.7 Å². The van der Waals surface area contributed by atoms with Crippen LogP contribution < -0.4 is 0 Å². The van der Waals surface area contributed by atoms with Gasteiger partial charge in [0.25, 0.3) is 0 Å². The van der Waals surface area contributed by atoms with Crippen molar-refractivity contribution in [1.82, 2.24) is 0 Å². The van der Waals surface area contributed by atoms with E-state index in [4.69, 9.17) is 0 Å². The number of carbonyl (C=O) groups is 4. The highest BCUT2D eigenvalue weighted by molar-refractivity contribution is 6.18. The Kier molecular flexibility index (Phi) is 1.70. The first kappa shape index (κ1) is 9.95. The average molecular weight is 234 g/mol. The molecule has 1 fully saturated rings. The Morgan fingerprint density at radius 2 is 1.71 bits per heavy atom. The number of ether oxygens (including phenoxy) is 2. The molecule has 1 aliphatic carbocycles. The maximum atomic E-state index is 11.5. The summed E-state index contributed by atoms with van der Waals surface area (Å²) in [6, 6.07) is 0. The van der Waals surface area contributed by atoms with Crippen molar-refractivity contribution in [3.8, 4) is 0 Å². The number of hydrogen-bond acceptors (Lipinski definition) is 6. The fraction of sp³-hybridized carbons (Fsp3) is 0.273. The van der Waals surface area contributed by atoms with Crippen molar-refractivity contribution in [3.05, 3.63) is 22.8 Å². The first-order valence-electron chi connectivity index (χ1n) is 4.99. The third kappa shape index (κ3) is 1.09. The molecule has 0 radical (unpaired) electrons. The normalized spacial score (nSPS) is 31.0. The van der Waals surface area contributed by atoms with Crippen LogP contribution in [0.4, 0.5) is 0 Å². The standard InChI is InChI=1S/C11H6O6/c1-3-6-4(8(12)16-10(6)14)2-5-7(3)11(15)17-9(5)13/h2-3,6H,1H3. The van der Waals surface area contributed by atoms with Gasteiger partial charge < -0.3 is 9.47 Å². The summed E-state index contributed by atoms with van der Waals surface area (Å²) in [5, 5.41) is 0. The highest BCUT2D eigenvalue weighted by Gasteiger charge is 2.51. The molecule has 0 aromatic carbocycles. The molecule has 1 saturated heterocycles. The molecule has 3 aliphatic rings. The predicted octanol–water partition coefficient (Wildman–Crippen LogP) is -0.358. The molecule has 2 aliphatic heterocycles. The number of hydrogen-bond donors (Lipinski definition) is 0. The molecule has 86 valence electrons. The van der Waals surface area contributed by atoms with Gasteiger partial charge in [-0.2, -0.15) is 0 Å². The van der Waals surface area contributed by atoms with Crippen LogP contribution in [0.1, 0.15) is 6.92 Å². The molecule has 6 heteroatoms. The van der Waals surface area contributed by atoms with Crippen molar-refractivity contribution in [2.45, 2.75) is 6.92 Å². The highest BCUT2D eigenvalue weighted by Crippen LogP contribution is 2.42. The van der Waals surface area contributed by atoms with Crippen molar-refractivity contribution in [1.29, 1.82) is 0 Å². The Morgan fingerprint density at radius 3 is 2.41 bits per heavy atom. The molecule has 0 amide bonds. The summed E-state index contributed by atoms with van der Waals surface area (Å²) in [6.07, 6.45) is 1.22. The van der Waals surface area contributed by atoms with Gasteiger partial charge in [-0.15, -0.1) is 0 Å². The SMILES string of the molecule is CC1C2=C(C=C3C(=O)OC(=O)C31)C(=O)OC2=O. The molecule has 3 rings (SSSR count). The van der Waals surface area contributed by atoms with Crippen LogP contribution in [-0.2, 0) is 28.7 Å². The number of rotatable bonds is 0. The number of cyclic esters (lactones) is 4. The van der Waals surface area contributed by atoms with Gasteiger partial charge in [0.1, 0.15) is 0 Å². The molecule has 2 heterocycles. The molecule has 0 saturated carbocycles. The molecule has 2 atom stereocenters. The van der Waals surface area contributed by atoms with E-state index in [1.54, 1.807) is 6.92 Å². The van der Waals surface area contributed by atoms with E-state index in [9.17, 15) is 19.2 Å². The van der Waals surface area contributed by atoms with Crippen LogP contribution in [0, 0.1) is 11.8 Å². The minimum Gasteiger partial charge on any atom is -0.389 e. The Balaban J connectivity index is 2.20. The van der Waals surface area contributed by atoms with Crippen molar-refractivity contribution < 1.29 is 28.7 Å². The summed E-state index contributed by atoms with van der Waals surface area (Å²) in [4.78, 5) is 45.6. The lowest BCUT2D eigenvalue weighted by atomic mass is 9.77. The molecule has 2 unspecified atom stereocenters. The van der Waals surface area contributed by atoms with E-state index in [2.05, 4.69) is 9.47 Å². The molecule has 0 aromatic rings. The van der Waals surface area contributed by atoms with Crippen molar-refractivity contribution in [2.75, 3.05) is 0 Å². The van der Waals surface area contributed by atoms with E-state index in [0.717, 1.165) is 0 Å². The van der Waals surface area contributed by atoms with Gasteiger partial charge in [-0.1, -0.05) is 6.92 Å². The van der Waals surface area contributed by atoms with Crippen molar-refractivity contribution in [2.24, 2.45) is 11.8 Å². The maximum Gasteiger partial charge on any atom is 0.346 e. The predicted molar refractivity (Wildman–Crippen MR) is 50.0 cm³/mol. The average Bonchev–Trinajstić information content (AvgIpc) is 2.68. The number of carbonyl (C=O) groups excluding carboxylic acids is 4. The Bertz CT molecular complexity index is 565. The van der Waals surface area contributed by atoms with E-state index in [0.29, 0.717) is 0 Å². The molecule has 6 nitrogen and oxygen atoms in total. The summed E-state index contributed by atoms with van der Waals surface area (Å²) in [6.45, 7) is 1.59. The van der Waals surface area contributed by atoms with Crippen LogP contribution in [-0.4, -0.2) is 23.9 Å².